The van der Waals surface area contributed by atoms with E-state index in [-0.39, 0.29) is 11.4 Å². The average Bonchev–Trinajstić information content (AvgIpc) is 2.73. The van der Waals surface area contributed by atoms with E-state index in [4.69, 9.17) is 4.74 Å². The molecular weight excluding hydrogens is 250 g/mol. The zero-order valence-corrected chi connectivity index (χ0v) is 12.6. The molecule has 1 aliphatic heterocycles. The van der Waals surface area contributed by atoms with E-state index in [1.165, 1.54) is 0 Å². The molecule has 0 spiro atoms. The molecular formula is C13H27NO3S. The third-order valence-corrected chi connectivity index (χ3v) is 5.98. The smallest absolute Gasteiger partial charge is 0.155 e. The first-order chi connectivity index (χ1) is 8.47. The number of nitrogens with one attached hydrogen (secondary N) is 1. The summed E-state index contributed by atoms with van der Waals surface area (Å²) in [5.41, 5.74) is 0. The molecule has 3 atom stereocenters. The molecule has 1 N–H and O–H groups in total. The summed E-state index contributed by atoms with van der Waals surface area (Å²) in [6, 6.07) is 0.400. The van der Waals surface area contributed by atoms with Gasteiger partial charge in [-0.15, -0.1) is 0 Å². The summed E-state index contributed by atoms with van der Waals surface area (Å²) in [7, 11) is -2.98. The zero-order valence-electron chi connectivity index (χ0n) is 11.8. The van der Waals surface area contributed by atoms with Gasteiger partial charge in [0.25, 0.3) is 0 Å². The van der Waals surface area contributed by atoms with Gasteiger partial charge in [0.2, 0.25) is 0 Å². The van der Waals surface area contributed by atoms with Crippen molar-refractivity contribution in [3.8, 4) is 0 Å². The molecule has 0 aromatic rings. The third-order valence-electron chi connectivity index (χ3n) is 3.58. The molecule has 1 saturated heterocycles. The van der Waals surface area contributed by atoms with Gasteiger partial charge >= 0.3 is 0 Å². The number of hydrogen-bond donors (Lipinski definition) is 1. The maximum Gasteiger partial charge on any atom is 0.155 e. The van der Waals surface area contributed by atoms with E-state index < -0.39 is 9.84 Å². The summed E-state index contributed by atoms with van der Waals surface area (Å²) in [6.45, 7) is 7.69. The van der Waals surface area contributed by atoms with E-state index >= 15 is 0 Å². The molecule has 1 rings (SSSR count). The van der Waals surface area contributed by atoms with Gasteiger partial charge in [-0.2, -0.15) is 0 Å². The Balaban J connectivity index is 2.29. The Morgan fingerprint density at radius 1 is 1.44 bits per heavy atom. The molecule has 4 nitrogen and oxygen atoms in total. The topological polar surface area (TPSA) is 55.4 Å². The van der Waals surface area contributed by atoms with Crippen LogP contribution in [0.2, 0.25) is 0 Å². The maximum atomic E-state index is 12.1. The second kappa shape index (κ2) is 7.46. The van der Waals surface area contributed by atoms with Crippen molar-refractivity contribution in [2.75, 3.05) is 18.9 Å². The summed E-state index contributed by atoms with van der Waals surface area (Å²) in [5, 5.41) is 3.10. The predicted molar refractivity (Wildman–Crippen MR) is 74.6 cm³/mol. The number of ether oxygens (including phenoxy) is 1. The molecule has 0 saturated carbocycles. The van der Waals surface area contributed by atoms with Crippen LogP contribution in [0.15, 0.2) is 0 Å². The average molecular weight is 277 g/mol. The molecule has 0 aromatic carbocycles. The van der Waals surface area contributed by atoms with E-state index in [0.717, 1.165) is 25.8 Å². The molecule has 0 aliphatic carbocycles. The second-order valence-corrected chi connectivity index (χ2v) is 7.61. The standard InChI is InChI=1S/C13H27NO3S/c1-4-8-14-11(2)6-5-10-18(15,16)13-7-9-17-12(13)3/h11-14H,4-10H2,1-3H3. The Hall–Kier alpha value is -0.130. The van der Waals surface area contributed by atoms with Crippen LogP contribution >= 0.6 is 0 Å². The molecule has 0 aromatic heterocycles. The quantitative estimate of drug-likeness (QED) is 0.734. The van der Waals surface area contributed by atoms with Crippen molar-refractivity contribution in [1.29, 1.82) is 0 Å². The van der Waals surface area contributed by atoms with Gasteiger partial charge in [-0.3, -0.25) is 0 Å². The highest BCUT2D eigenvalue weighted by Crippen LogP contribution is 2.22. The third kappa shape index (κ3) is 4.86. The first-order valence-electron chi connectivity index (χ1n) is 7.04. The Labute approximate surface area is 111 Å². The highest BCUT2D eigenvalue weighted by Gasteiger charge is 2.35. The van der Waals surface area contributed by atoms with E-state index in [1.807, 2.05) is 6.92 Å². The van der Waals surface area contributed by atoms with Crippen LogP contribution in [0.4, 0.5) is 0 Å². The molecule has 1 aliphatic rings. The van der Waals surface area contributed by atoms with Crippen molar-refractivity contribution in [2.24, 2.45) is 0 Å². The molecule has 1 heterocycles. The lowest BCUT2D eigenvalue weighted by atomic mass is 10.2. The van der Waals surface area contributed by atoms with Crippen molar-refractivity contribution < 1.29 is 13.2 Å². The lowest BCUT2D eigenvalue weighted by Crippen LogP contribution is -2.31. The highest BCUT2D eigenvalue weighted by atomic mass is 32.2. The van der Waals surface area contributed by atoms with Crippen LogP contribution in [0.5, 0.6) is 0 Å². The second-order valence-electron chi connectivity index (χ2n) is 5.27. The number of hydrogen-bond acceptors (Lipinski definition) is 4. The largest absolute Gasteiger partial charge is 0.377 e. The van der Waals surface area contributed by atoms with E-state index in [1.54, 1.807) is 0 Å². The summed E-state index contributed by atoms with van der Waals surface area (Å²) >= 11 is 0. The van der Waals surface area contributed by atoms with Crippen LogP contribution in [-0.4, -0.2) is 44.7 Å². The van der Waals surface area contributed by atoms with Gasteiger partial charge in [-0.1, -0.05) is 6.92 Å². The lowest BCUT2D eigenvalue weighted by molar-refractivity contribution is 0.126. The molecule has 3 unspecified atom stereocenters. The molecule has 18 heavy (non-hydrogen) atoms. The molecule has 5 heteroatoms. The number of sulfone groups is 1. The Morgan fingerprint density at radius 2 is 2.17 bits per heavy atom. The van der Waals surface area contributed by atoms with Gasteiger partial charge in [-0.25, -0.2) is 8.42 Å². The normalized spacial score (nSPS) is 26.4. The van der Waals surface area contributed by atoms with Crippen LogP contribution < -0.4 is 5.32 Å². The van der Waals surface area contributed by atoms with E-state index in [0.29, 0.717) is 24.8 Å². The first kappa shape index (κ1) is 15.9. The first-order valence-corrected chi connectivity index (χ1v) is 8.75. The lowest BCUT2D eigenvalue weighted by Gasteiger charge is -2.16. The van der Waals surface area contributed by atoms with Gasteiger partial charge in [-0.05, 0) is 46.1 Å². The Bertz CT molecular complexity index is 329. The molecule has 1 fully saturated rings. The summed E-state index contributed by atoms with van der Waals surface area (Å²) in [5.74, 6) is 0.295. The van der Waals surface area contributed by atoms with E-state index in [2.05, 4.69) is 19.2 Å². The minimum atomic E-state index is -2.98. The minimum Gasteiger partial charge on any atom is -0.377 e. The van der Waals surface area contributed by atoms with Gasteiger partial charge in [0.05, 0.1) is 17.1 Å². The summed E-state index contributed by atoms with van der Waals surface area (Å²) < 4.78 is 29.6. The SMILES string of the molecule is CCCNC(C)CCCS(=O)(=O)C1CCOC1C. The van der Waals surface area contributed by atoms with Crippen LogP contribution in [0.1, 0.15) is 46.5 Å². The van der Waals surface area contributed by atoms with Crippen molar-refractivity contribution in [1.82, 2.24) is 5.32 Å². The van der Waals surface area contributed by atoms with Gasteiger partial charge < -0.3 is 10.1 Å². The fourth-order valence-corrected chi connectivity index (χ4v) is 4.41. The summed E-state index contributed by atoms with van der Waals surface area (Å²) in [6.07, 6.45) is 3.29. The Morgan fingerprint density at radius 3 is 2.72 bits per heavy atom. The van der Waals surface area contributed by atoms with Crippen molar-refractivity contribution in [3.05, 3.63) is 0 Å². The number of rotatable bonds is 8. The summed E-state index contributed by atoms with van der Waals surface area (Å²) in [4.78, 5) is 0. The molecule has 0 radical (unpaired) electrons. The van der Waals surface area contributed by atoms with Crippen LogP contribution in [0, 0.1) is 0 Å². The monoisotopic (exact) mass is 277 g/mol. The van der Waals surface area contributed by atoms with Gasteiger partial charge in [0.15, 0.2) is 9.84 Å². The van der Waals surface area contributed by atoms with Crippen molar-refractivity contribution in [3.63, 3.8) is 0 Å². The van der Waals surface area contributed by atoms with Gasteiger partial charge in [0, 0.05) is 12.6 Å². The van der Waals surface area contributed by atoms with E-state index in [9.17, 15) is 8.42 Å². The van der Waals surface area contributed by atoms with Crippen molar-refractivity contribution >= 4 is 9.84 Å². The fourth-order valence-electron chi connectivity index (χ4n) is 2.42. The molecule has 108 valence electrons. The fraction of sp³-hybridized carbons (Fsp3) is 1.00. The highest BCUT2D eigenvalue weighted by molar-refractivity contribution is 7.92. The Kier molecular flexibility index (Phi) is 6.60. The van der Waals surface area contributed by atoms with Crippen LogP contribution in [0.25, 0.3) is 0 Å². The predicted octanol–water partition coefficient (Wildman–Crippen LogP) is 1.75. The molecule has 0 bridgehead atoms. The minimum absolute atomic E-state index is 0.134. The van der Waals surface area contributed by atoms with Crippen molar-refractivity contribution in [2.45, 2.75) is 63.9 Å². The molecule has 0 amide bonds. The maximum absolute atomic E-state index is 12.1. The van der Waals surface area contributed by atoms with Gasteiger partial charge in [0.1, 0.15) is 0 Å². The zero-order chi connectivity index (χ0) is 13.6. The van der Waals surface area contributed by atoms with Crippen LogP contribution in [0.3, 0.4) is 0 Å². The van der Waals surface area contributed by atoms with Crippen LogP contribution in [-0.2, 0) is 14.6 Å².